The van der Waals surface area contributed by atoms with E-state index in [0.717, 1.165) is 27.7 Å². The number of carbonyl (C=O) groups is 1. The van der Waals surface area contributed by atoms with Gasteiger partial charge in [0.05, 0.1) is 11.4 Å². The second kappa shape index (κ2) is 9.14. The predicted octanol–water partition coefficient (Wildman–Crippen LogP) is 4.11. The average Bonchev–Trinajstić information content (AvgIpc) is 3.20. The lowest BCUT2D eigenvalue weighted by Crippen LogP contribution is -2.27. The summed E-state index contributed by atoms with van der Waals surface area (Å²) in [6.07, 6.45) is 0. The highest BCUT2D eigenvalue weighted by Crippen LogP contribution is 2.24. The topological polar surface area (TPSA) is 66.8 Å². The molecule has 1 amide bonds. The predicted molar refractivity (Wildman–Crippen MR) is 114 cm³/mol. The number of hydrogen-bond acceptors (Lipinski definition) is 6. The summed E-state index contributed by atoms with van der Waals surface area (Å²) in [4.78, 5) is 17.6. The fourth-order valence-corrected chi connectivity index (χ4v) is 2.99. The molecule has 0 atom stereocenters. The molecule has 3 aromatic rings. The molecule has 2 aromatic carbocycles. The number of carbonyl (C=O) groups excluding carboxylic acids is 1. The Morgan fingerprint density at radius 1 is 1.14 bits per heavy atom. The molecule has 3 rings (SSSR count). The minimum atomic E-state index is -0.0793. The van der Waals surface area contributed by atoms with E-state index in [0.29, 0.717) is 5.75 Å². The van der Waals surface area contributed by atoms with Crippen molar-refractivity contribution in [1.29, 1.82) is 0 Å². The second-order valence-electron chi connectivity index (χ2n) is 6.31. The molecule has 0 spiro atoms. The van der Waals surface area contributed by atoms with Crippen molar-refractivity contribution in [2.45, 2.75) is 6.92 Å². The van der Waals surface area contributed by atoms with Gasteiger partial charge in [-0.25, -0.2) is 4.98 Å². The van der Waals surface area contributed by atoms with Crippen LogP contribution in [0.4, 0.5) is 5.13 Å². The van der Waals surface area contributed by atoms with Gasteiger partial charge in [0.25, 0.3) is 5.91 Å². The zero-order valence-corrected chi connectivity index (χ0v) is 16.9. The quantitative estimate of drug-likeness (QED) is 0.484. The fourth-order valence-electron chi connectivity index (χ4n) is 2.33. The molecule has 0 bridgehead atoms. The number of aromatic nitrogens is 1. The molecule has 1 N–H and O–H groups in total. The average molecular weight is 395 g/mol. The Morgan fingerprint density at radius 3 is 2.54 bits per heavy atom. The van der Waals surface area contributed by atoms with E-state index in [4.69, 9.17) is 4.74 Å². The Kier molecular flexibility index (Phi) is 6.39. The van der Waals surface area contributed by atoms with Crippen LogP contribution in [-0.4, -0.2) is 42.2 Å². The molecule has 0 aliphatic carbocycles. The van der Waals surface area contributed by atoms with E-state index in [9.17, 15) is 4.79 Å². The number of rotatable bonds is 7. The zero-order chi connectivity index (χ0) is 19.9. The largest absolute Gasteiger partial charge is 0.484 e. The monoisotopic (exact) mass is 394 g/mol. The van der Waals surface area contributed by atoms with E-state index < -0.39 is 0 Å². The molecule has 0 aliphatic heterocycles. The molecule has 6 nitrogen and oxygen atoms in total. The van der Waals surface area contributed by atoms with Crippen LogP contribution in [0.3, 0.4) is 0 Å². The van der Waals surface area contributed by atoms with Gasteiger partial charge in [-0.1, -0.05) is 30.3 Å². The molecule has 0 saturated heterocycles. The number of thiazole rings is 1. The van der Waals surface area contributed by atoms with Gasteiger partial charge in [-0.15, -0.1) is 11.3 Å². The van der Waals surface area contributed by atoms with Crippen molar-refractivity contribution in [2.75, 3.05) is 26.1 Å². The van der Waals surface area contributed by atoms with Crippen molar-refractivity contribution in [1.82, 2.24) is 9.88 Å². The summed E-state index contributed by atoms with van der Waals surface area (Å²) in [5, 5.41) is 7.15. The molecule has 28 heavy (non-hydrogen) atoms. The van der Waals surface area contributed by atoms with Gasteiger partial charge < -0.3 is 9.64 Å². The lowest BCUT2D eigenvalue weighted by atomic mass is 10.1. The molecule has 7 heteroatoms. The van der Waals surface area contributed by atoms with E-state index >= 15 is 0 Å². The maximum atomic E-state index is 11.6. The number of nitrogens with one attached hydrogen (secondary N) is 1. The van der Waals surface area contributed by atoms with Gasteiger partial charge in [0.15, 0.2) is 6.61 Å². The van der Waals surface area contributed by atoms with Crippen LogP contribution in [0.1, 0.15) is 12.5 Å². The van der Waals surface area contributed by atoms with Crippen molar-refractivity contribution in [3.63, 3.8) is 0 Å². The number of anilines is 1. The third-order valence-corrected chi connectivity index (χ3v) is 4.77. The van der Waals surface area contributed by atoms with Gasteiger partial charge in [-0.2, -0.15) is 5.10 Å². The van der Waals surface area contributed by atoms with Gasteiger partial charge in [-0.05, 0) is 36.8 Å². The number of nitrogens with zero attached hydrogens (tertiary/aromatic N) is 3. The number of hydrazone groups is 1. The highest BCUT2D eigenvalue weighted by atomic mass is 32.1. The molecule has 1 heterocycles. The third kappa shape index (κ3) is 5.17. The molecular formula is C21H22N4O2S. The van der Waals surface area contributed by atoms with Crippen molar-refractivity contribution >= 4 is 28.1 Å². The minimum absolute atomic E-state index is 0.0226. The van der Waals surface area contributed by atoms with Gasteiger partial charge in [0.2, 0.25) is 5.13 Å². The molecule has 0 radical (unpaired) electrons. The summed E-state index contributed by atoms with van der Waals surface area (Å²) in [6, 6.07) is 17.5. The highest BCUT2D eigenvalue weighted by Gasteiger charge is 2.06. The van der Waals surface area contributed by atoms with Crippen molar-refractivity contribution in [3.05, 3.63) is 65.5 Å². The molecule has 0 aliphatic rings. The first-order valence-electron chi connectivity index (χ1n) is 8.77. The van der Waals surface area contributed by atoms with Crippen LogP contribution in [0, 0.1) is 0 Å². The lowest BCUT2D eigenvalue weighted by Gasteiger charge is -2.11. The lowest BCUT2D eigenvalue weighted by molar-refractivity contribution is -0.130. The Labute approximate surface area is 168 Å². The Hall–Kier alpha value is -3.19. The van der Waals surface area contributed by atoms with Crippen LogP contribution in [0.25, 0.3) is 11.3 Å². The summed E-state index contributed by atoms with van der Waals surface area (Å²) in [5.41, 5.74) is 6.80. The van der Waals surface area contributed by atoms with E-state index in [1.807, 2.05) is 66.9 Å². The van der Waals surface area contributed by atoms with Crippen LogP contribution in [0.15, 0.2) is 65.1 Å². The van der Waals surface area contributed by atoms with Gasteiger partial charge >= 0.3 is 0 Å². The molecule has 1 aromatic heterocycles. The maximum absolute atomic E-state index is 11.6. The second-order valence-corrected chi connectivity index (χ2v) is 7.17. The Bertz CT molecular complexity index is 950. The molecule has 0 saturated carbocycles. The number of benzene rings is 2. The van der Waals surface area contributed by atoms with E-state index in [-0.39, 0.29) is 12.5 Å². The van der Waals surface area contributed by atoms with E-state index in [1.165, 1.54) is 16.2 Å². The molecule has 144 valence electrons. The molecular weight excluding hydrogens is 372 g/mol. The normalized spacial score (nSPS) is 11.2. The Balaban J connectivity index is 1.59. The van der Waals surface area contributed by atoms with E-state index in [1.54, 1.807) is 14.1 Å². The van der Waals surface area contributed by atoms with Crippen LogP contribution in [0.5, 0.6) is 5.75 Å². The van der Waals surface area contributed by atoms with Crippen LogP contribution < -0.4 is 10.2 Å². The summed E-state index contributed by atoms with van der Waals surface area (Å²) >= 11 is 1.51. The van der Waals surface area contributed by atoms with Crippen molar-refractivity contribution in [2.24, 2.45) is 5.10 Å². The molecule has 0 unspecified atom stereocenters. The number of likely N-dealkylation sites (N-methyl/N-ethyl adjacent to an activating group) is 1. The van der Waals surface area contributed by atoms with Crippen LogP contribution in [-0.2, 0) is 4.79 Å². The van der Waals surface area contributed by atoms with Crippen LogP contribution in [0.2, 0.25) is 0 Å². The molecule has 0 fully saturated rings. The van der Waals surface area contributed by atoms with E-state index in [2.05, 4.69) is 15.5 Å². The standard InChI is InChI=1S/C21H22N4O2S/c1-15(16-9-11-18(12-10-16)27-13-20(26)25(2)3)23-24-21-22-19(14-28-21)17-7-5-4-6-8-17/h4-12,14H,13H2,1-3H3,(H,22,24)/b23-15-. The SMILES string of the molecule is C/C(=N/Nc1nc(-c2ccccc2)cs1)c1ccc(OCC(=O)N(C)C)cc1. The Morgan fingerprint density at radius 2 is 1.86 bits per heavy atom. The first kappa shape index (κ1) is 19.6. The highest BCUT2D eigenvalue weighted by molar-refractivity contribution is 7.14. The van der Waals surface area contributed by atoms with Crippen molar-refractivity contribution < 1.29 is 9.53 Å². The first-order chi connectivity index (χ1) is 13.5. The fraction of sp³-hybridized carbons (Fsp3) is 0.190. The third-order valence-electron chi connectivity index (χ3n) is 4.03. The van der Waals surface area contributed by atoms with Gasteiger partial charge in [0.1, 0.15) is 5.75 Å². The summed E-state index contributed by atoms with van der Waals surface area (Å²) < 4.78 is 5.48. The summed E-state index contributed by atoms with van der Waals surface area (Å²) in [6.45, 7) is 1.94. The van der Waals surface area contributed by atoms with Crippen LogP contribution >= 0.6 is 11.3 Å². The van der Waals surface area contributed by atoms with Crippen molar-refractivity contribution in [3.8, 4) is 17.0 Å². The first-order valence-corrected chi connectivity index (χ1v) is 9.65. The maximum Gasteiger partial charge on any atom is 0.259 e. The van der Waals surface area contributed by atoms with Gasteiger partial charge in [-0.3, -0.25) is 10.2 Å². The summed E-state index contributed by atoms with van der Waals surface area (Å²) in [5.74, 6) is 0.566. The number of amides is 1. The minimum Gasteiger partial charge on any atom is -0.484 e. The van der Waals surface area contributed by atoms with Gasteiger partial charge in [0, 0.05) is 25.0 Å². The zero-order valence-electron chi connectivity index (χ0n) is 16.0. The number of ether oxygens (including phenoxy) is 1. The summed E-state index contributed by atoms with van der Waals surface area (Å²) in [7, 11) is 3.40. The smallest absolute Gasteiger partial charge is 0.259 e. The number of hydrogen-bond donors (Lipinski definition) is 1.